The van der Waals surface area contributed by atoms with Crippen LogP contribution in [0.2, 0.25) is 5.02 Å². The molecule has 1 heterocycles. The topological polar surface area (TPSA) is 33.7 Å². The predicted molar refractivity (Wildman–Crippen MR) is 81.9 cm³/mol. The van der Waals surface area contributed by atoms with Crippen LogP contribution in [0.4, 0.5) is 0 Å². The van der Waals surface area contributed by atoms with Gasteiger partial charge in [-0.15, -0.1) is 0 Å². The summed E-state index contributed by atoms with van der Waals surface area (Å²) in [6.45, 7) is 8.78. The molecule has 0 saturated carbocycles. The number of rotatable bonds is 5. The van der Waals surface area contributed by atoms with Crippen molar-refractivity contribution in [3.63, 3.8) is 0 Å². The second-order valence-electron chi connectivity index (χ2n) is 5.13. The number of hydrogen-bond acceptors (Lipinski definition) is 4. The third-order valence-corrected chi connectivity index (χ3v) is 3.71. The molecule has 0 spiro atoms. The van der Waals surface area contributed by atoms with E-state index < -0.39 is 0 Å². The van der Waals surface area contributed by atoms with Crippen LogP contribution < -0.4 is 14.8 Å². The van der Waals surface area contributed by atoms with Crippen molar-refractivity contribution < 1.29 is 9.47 Å². The van der Waals surface area contributed by atoms with Crippen LogP contribution in [0.1, 0.15) is 19.4 Å². The van der Waals surface area contributed by atoms with Crippen molar-refractivity contribution in [2.45, 2.75) is 26.4 Å². The first-order chi connectivity index (χ1) is 9.63. The Bertz CT molecular complexity index is 454. The third-order valence-electron chi connectivity index (χ3n) is 3.43. The van der Waals surface area contributed by atoms with Gasteiger partial charge in [0.25, 0.3) is 0 Å². The highest BCUT2D eigenvalue weighted by Crippen LogP contribution is 2.36. The van der Waals surface area contributed by atoms with Crippen molar-refractivity contribution in [3.8, 4) is 11.5 Å². The van der Waals surface area contributed by atoms with Gasteiger partial charge in [0.05, 0.1) is 18.7 Å². The number of benzene rings is 1. The van der Waals surface area contributed by atoms with Crippen LogP contribution in [0.15, 0.2) is 12.1 Å². The smallest absolute Gasteiger partial charge is 0.179 e. The molecule has 112 valence electrons. The van der Waals surface area contributed by atoms with Crippen LogP contribution in [0.25, 0.3) is 0 Å². The van der Waals surface area contributed by atoms with Crippen LogP contribution in [-0.4, -0.2) is 44.3 Å². The predicted octanol–water partition coefficient (Wildman–Crippen LogP) is 2.54. The Morgan fingerprint density at radius 3 is 2.90 bits per heavy atom. The Morgan fingerprint density at radius 1 is 1.45 bits per heavy atom. The highest BCUT2D eigenvalue weighted by atomic mass is 35.5. The van der Waals surface area contributed by atoms with Crippen molar-refractivity contribution in [1.29, 1.82) is 0 Å². The number of hydrogen-bond donors (Lipinski definition) is 1. The molecule has 0 bridgehead atoms. The maximum atomic E-state index is 6.28. The average molecular weight is 299 g/mol. The standard InChI is InChI=1S/C15H23ClN2O2/c1-4-20-14-8-12(7-13(16)15(14)19-3)10-18-6-5-17-11(2)9-18/h7-8,11,17H,4-6,9-10H2,1-3H3. The summed E-state index contributed by atoms with van der Waals surface area (Å²) in [5.74, 6) is 1.34. The van der Waals surface area contributed by atoms with Gasteiger partial charge in [0.2, 0.25) is 0 Å². The molecule has 1 aromatic rings. The van der Waals surface area contributed by atoms with Crippen LogP contribution in [0.3, 0.4) is 0 Å². The van der Waals surface area contributed by atoms with E-state index >= 15 is 0 Å². The van der Waals surface area contributed by atoms with Gasteiger partial charge in [-0.05, 0) is 31.5 Å². The van der Waals surface area contributed by atoms with Crippen LogP contribution >= 0.6 is 11.6 Å². The van der Waals surface area contributed by atoms with E-state index in [2.05, 4.69) is 17.1 Å². The molecular weight excluding hydrogens is 276 g/mol. The van der Waals surface area contributed by atoms with Crippen molar-refractivity contribution in [3.05, 3.63) is 22.7 Å². The summed E-state index contributed by atoms with van der Waals surface area (Å²) in [7, 11) is 1.61. The van der Waals surface area contributed by atoms with Crippen molar-refractivity contribution in [1.82, 2.24) is 10.2 Å². The lowest BCUT2D eigenvalue weighted by Gasteiger charge is -2.32. The van der Waals surface area contributed by atoms with Gasteiger partial charge in [-0.2, -0.15) is 0 Å². The van der Waals surface area contributed by atoms with Gasteiger partial charge in [0, 0.05) is 32.2 Å². The summed E-state index contributed by atoms with van der Waals surface area (Å²) in [6.07, 6.45) is 0. The van der Waals surface area contributed by atoms with E-state index in [4.69, 9.17) is 21.1 Å². The monoisotopic (exact) mass is 298 g/mol. The lowest BCUT2D eigenvalue weighted by atomic mass is 10.1. The molecule has 1 atom stereocenters. The van der Waals surface area contributed by atoms with Crippen LogP contribution in [0.5, 0.6) is 11.5 Å². The number of nitrogens with zero attached hydrogens (tertiary/aromatic N) is 1. The number of nitrogens with one attached hydrogen (secondary N) is 1. The van der Waals surface area contributed by atoms with Crippen LogP contribution in [-0.2, 0) is 6.54 Å². The summed E-state index contributed by atoms with van der Waals surface area (Å²) < 4.78 is 10.9. The van der Waals surface area contributed by atoms with E-state index in [1.165, 1.54) is 0 Å². The minimum absolute atomic E-state index is 0.531. The molecule has 5 heteroatoms. The van der Waals surface area contributed by atoms with Crippen molar-refractivity contribution in [2.24, 2.45) is 0 Å². The molecule has 1 aliphatic heterocycles. The van der Waals surface area contributed by atoms with Gasteiger partial charge in [0.15, 0.2) is 11.5 Å². The zero-order chi connectivity index (χ0) is 14.5. The zero-order valence-corrected chi connectivity index (χ0v) is 13.2. The Kier molecular flexibility index (Phi) is 5.52. The lowest BCUT2D eigenvalue weighted by Crippen LogP contribution is -2.48. The molecule has 0 aliphatic carbocycles. The molecule has 1 saturated heterocycles. The number of methoxy groups -OCH3 is 1. The summed E-state index contributed by atoms with van der Waals surface area (Å²) in [6, 6.07) is 4.53. The Labute approximate surface area is 126 Å². The average Bonchev–Trinajstić information content (AvgIpc) is 2.39. The lowest BCUT2D eigenvalue weighted by molar-refractivity contribution is 0.199. The number of halogens is 1. The van der Waals surface area contributed by atoms with Gasteiger partial charge in [-0.1, -0.05) is 11.6 Å². The van der Waals surface area contributed by atoms with Crippen molar-refractivity contribution in [2.75, 3.05) is 33.4 Å². The molecular formula is C15H23ClN2O2. The molecule has 2 rings (SSSR count). The molecule has 1 aromatic carbocycles. The summed E-state index contributed by atoms with van der Waals surface area (Å²) in [4.78, 5) is 2.43. The SMILES string of the molecule is CCOc1cc(CN2CCNC(C)C2)cc(Cl)c1OC. The highest BCUT2D eigenvalue weighted by Gasteiger charge is 2.17. The fourth-order valence-electron chi connectivity index (χ4n) is 2.59. The van der Waals surface area contributed by atoms with Gasteiger partial charge >= 0.3 is 0 Å². The fourth-order valence-corrected chi connectivity index (χ4v) is 2.90. The largest absolute Gasteiger partial charge is 0.491 e. The highest BCUT2D eigenvalue weighted by molar-refractivity contribution is 6.32. The molecule has 0 aromatic heterocycles. The third kappa shape index (κ3) is 3.78. The van der Waals surface area contributed by atoms with E-state index in [0.29, 0.717) is 23.4 Å². The molecule has 0 radical (unpaired) electrons. The second kappa shape index (κ2) is 7.16. The number of ether oxygens (including phenoxy) is 2. The number of piperazine rings is 1. The first kappa shape index (κ1) is 15.4. The Morgan fingerprint density at radius 2 is 2.25 bits per heavy atom. The first-order valence-corrected chi connectivity index (χ1v) is 7.46. The van der Waals surface area contributed by atoms with Crippen LogP contribution in [0, 0.1) is 0 Å². The molecule has 4 nitrogen and oxygen atoms in total. The molecule has 0 amide bonds. The molecule has 1 N–H and O–H groups in total. The van der Waals surface area contributed by atoms with Gasteiger partial charge in [-0.3, -0.25) is 4.90 Å². The quantitative estimate of drug-likeness (QED) is 0.906. The first-order valence-electron chi connectivity index (χ1n) is 7.09. The van der Waals surface area contributed by atoms with Gasteiger partial charge < -0.3 is 14.8 Å². The molecule has 20 heavy (non-hydrogen) atoms. The Hall–Kier alpha value is -0.970. The summed E-state index contributed by atoms with van der Waals surface area (Å²) in [5, 5.41) is 4.05. The minimum Gasteiger partial charge on any atom is -0.491 e. The summed E-state index contributed by atoms with van der Waals surface area (Å²) >= 11 is 6.28. The normalized spacial score (nSPS) is 19.9. The minimum atomic E-state index is 0.531. The van der Waals surface area contributed by atoms with E-state index in [1.54, 1.807) is 7.11 Å². The molecule has 1 unspecified atom stereocenters. The molecule has 1 fully saturated rings. The van der Waals surface area contributed by atoms with E-state index in [-0.39, 0.29) is 0 Å². The van der Waals surface area contributed by atoms with Crippen molar-refractivity contribution >= 4 is 11.6 Å². The van der Waals surface area contributed by atoms with Gasteiger partial charge in [-0.25, -0.2) is 0 Å². The van der Waals surface area contributed by atoms with Gasteiger partial charge in [0.1, 0.15) is 0 Å². The maximum absolute atomic E-state index is 6.28. The maximum Gasteiger partial charge on any atom is 0.179 e. The van der Waals surface area contributed by atoms with E-state index in [9.17, 15) is 0 Å². The second-order valence-corrected chi connectivity index (χ2v) is 5.54. The summed E-state index contributed by atoms with van der Waals surface area (Å²) in [5.41, 5.74) is 1.16. The molecule has 1 aliphatic rings. The fraction of sp³-hybridized carbons (Fsp3) is 0.600. The zero-order valence-electron chi connectivity index (χ0n) is 12.4. The Balaban J connectivity index is 2.15. The van der Waals surface area contributed by atoms with E-state index in [1.807, 2.05) is 19.1 Å². The van der Waals surface area contributed by atoms with E-state index in [0.717, 1.165) is 37.5 Å².